The second-order valence-electron chi connectivity index (χ2n) is 9.85. The van der Waals surface area contributed by atoms with Crippen LogP contribution in [0.5, 0.6) is 11.5 Å². The van der Waals surface area contributed by atoms with Gasteiger partial charge in [-0.25, -0.2) is 0 Å². The van der Waals surface area contributed by atoms with Crippen LogP contribution in [0.15, 0.2) is 36.4 Å². The summed E-state index contributed by atoms with van der Waals surface area (Å²) in [5.41, 5.74) is 13.7. The van der Waals surface area contributed by atoms with Gasteiger partial charge in [0.1, 0.15) is 11.5 Å². The highest BCUT2D eigenvalue weighted by atomic mass is 16.5. The molecule has 0 bridgehead atoms. The van der Waals surface area contributed by atoms with Gasteiger partial charge in [-0.05, 0) is 99.9 Å². The van der Waals surface area contributed by atoms with E-state index in [9.17, 15) is 19.2 Å². The van der Waals surface area contributed by atoms with Gasteiger partial charge in [0.25, 0.3) is 11.8 Å². The van der Waals surface area contributed by atoms with Gasteiger partial charge in [-0.3, -0.25) is 40.9 Å². The van der Waals surface area contributed by atoms with Gasteiger partial charge >= 0.3 is 0 Å². The molecule has 0 saturated heterocycles. The number of nitrogens with one attached hydrogen (secondary N) is 4. The predicted molar refractivity (Wildman–Crippen MR) is 141 cm³/mol. The molecule has 0 aliphatic heterocycles. The maximum Gasteiger partial charge on any atom is 0.276 e. The number of hydrogen-bond acceptors (Lipinski definition) is 6. The molecule has 38 heavy (non-hydrogen) atoms. The maximum atomic E-state index is 12.5. The van der Waals surface area contributed by atoms with Crippen molar-refractivity contribution in [3.05, 3.63) is 58.7 Å². The predicted octanol–water partition coefficient (Wildman–Crippen LogP) is 2.48. The highest BCUT2D eigenvalue weighted by molar-refractivity contribution is 5.85. The zero-order chi connectivity index (χ0) is 27.7. The van der Waals surface area contributed by atoms with Crippen molar-refractivity contribution in [2.45, 2.75) is 53.4 Å². The van der Waals surface area contributed by atoms with Crippen LogP contribution in [0.3, 0.4) is 0 Å². The fraction of sp³-hybridized carbons (Fsp3) is 0.429. The van der Waals surface area contributed by atoms with Crippen molar-refractivity contribution in [1.29, 1.82) is 0 Å². The van der Waals surface area contributed by atoms with E-state index < -0.39 is 11.8 Å². The Morgan fingerprint density at radius 2 is 0.895 bits per heavy atom. The average Bonchev–Trinajstić information content (AvgIpc) is 2.87. The lowest BCUT2D eigenvalue weighted by molar-refractivity contribution is -0.135. The van der Waals surface area contributed by atoms with Gasteiger partial charge in [-0.1, -0.05) is 12.1 Å². The van der Waals surface area contributed by atoms with Gasteiger partial charge in [0.2, 0.25) is 11.8 Å². The molecule has 3 rings (SSSR count). The van der Waals surface area contributed by atoms with Crippen molar-refractivity contribution in [3.63, 3.8) is 0 Å². The van der Waals surface area contributed by atoms with Gasteiger partial charge in [-0.2, -0.15) is 0 Å². The Balaban J connectivity index is 1.31. The Kier molecular flexibility index (Phi) is 10.1. The van der Waals surface area contributed by atoms with Crippen LogP contribution < -0.4 is 31.2 Å². The highest BCUT2D eigenvalue weighted by Crippen LogP contribution is 2.29. The molecule has 10 heteroatoms. The topological polar surface area (TPSA) is 135 Å². The molecule has 2 aromatic carbocycles. The molecule has 1 aliphatic rings. The summed E-state index contributed by atoms with van der Waals surface area (Å²) in [4.78, 5) is 49.0. The van der Waals surface area contributed by atoms with Crippen molar-refractivity contribution in [2.24, 2.45) is 11.8 Å². The lowest BCUT2D eigenvalue weighted by Crippen LogP contribution is -2.48. The molecule has 0 aromatic heterocycles. The molecule has 1 aliphatic carbocycles. The summed E-state index contributed by atoms with van der Waals surface area (Å²) < 4.78 is 11.0. The molecule has 0 atom stereocenters. The van der Waals surface area contributed by atoms with Crippen LogP contribution in [0, 0.1) is 39.5 Å². The lowest BCUT2D eigenvalue weighted by atomic mass is 9.81. The molecule has 0 heterocycles. The zero-order valence-corrected chi connectivity index (χ0v) is 22.3. The molecule has 1 saturated carbocycles. The summed E-state index contributed by atoms with van der Waals surface area (Å²) in [6, 6.07) is 11.3. The summed E-state index contributed by atoms with van der Waals surface area (Å²) in [6.45, 7) is 7.32. The van der Waals surface area contributed by atoms with Gasteiger partial charge < -0.3 is 9.47 Å². The molecule has 4 N–H and O–H groups in total. The number of aryl methyl sites for hydroxylation is 4. The van der Waals surface area contributed by atoms with Crippen LogP contribution >= 0.6 is 0 Å². The molecule has 4 amide bonds. The summed E-state index contributed by atoms with van der Waals surface area (Å²) in [5, 5.41) is 0. The SMILES string of the molecule is Cc1cc(C)cc(OCC(=O)NNC(=O)C2CCC(C(=O)NNC(=O)COc3cc(C)cc(C)c3)CC2)c1. The number of hydrogen-bond donors (Lipinski definition) is 4. The van der Waals surface area contributed by atoms with Crippen molar-refractivity contribution in [1.82, 2.24) is 21.7 Å². The Bertz CT molecular complexity index is 1040. The van der Waals surface area contributed by atoms with Crippen LogP contribution in [-0.4, -0.2) is 36.8 Å². The van der Waals surface area contributed by atoms with Crippen LogP contribution in [0.4, 0.5) is 0 Å². The van der Waals surface area contributed by atoms with Crippen LogP contribution in [0.25, 0.3) is 0 Å². The van der Waals surface area contributed by atoms with Crippen molar-refractivity contribution >= 4 is 23.6 Å². The van der Waals surface area contributed by atoms with E-state index in [-0.39, 0.29) is 36.9 Å². The third-order valence-corrected chi connectivity index (χ3v) is 6.25. The quantitative estimate of drug-likeness (QED) is 0.392. The first-order chi connectivity index (χ1) is 18.1. The number of hydrazine groups is 2. The second kappa shape index (κ2) is 13.5. The number of ether oxygens (including phenoxy) is 2. The summed E-state index contributed by atoms with van der Waals surface area (Å²) >= 11 is 0. The van der Waals surface area contributed by atoms with Crippen LogP contribution in [0.1, 0.15) is 47.9 Å². The van der Waals surface area contributed by atoms with E-state index in [1.54, 1.807) is 0 Å². The smallest absolute Gasteiger partial charge is 0.276 e. The molecular weight excluding hydrogens is 488 g/mol. The van der Waals surface area contributed by atoms with Gasteiger partial charge in [0, 0.05) is 11.8 Å². The number of amides is 4. The molecule has 2 aromatic rings. The first-order valence-corrected chi connectivity index (χ1v) is 12.7. The largest absolute Gasteiger partial charge is 0.484 e. The fourth-order valence-corrected chi connectivity index (χ4v) is 4.49. The standard InChI is InChI=1S/C28H36N4O6/c1-17-9-18(2)12-23(11-17)37-15-25(33)29-31-27(35)21-5-7-22(8-6-21)28(36)32-30-26(34)16-38-24-13-19(3)10-20(4)14-24/h9-14,21-22H,5-8,15-16H2,1-4H3,(H,29,33)(H,30,34)(H,31,35)(H,32,36). The van der Waals surface area contributed by atoms with E-state index in [0.29, 0.717) is 37.2 Å². The van der Waals surface area contributed by atoms with Crippen molar-refractivity contribution in [3.8, 4) is 11.5 Å². The lowest BCUT2D eigenvalue weighted by Gasteiger charge is -2.27. The number of benzene rings is 2. The Morgan fingerprint density at radius 1 is 0.579 bits per heavy atom. The minimum Gasteiger partial charge on any atom is -0.484 e. The fourth-order valence-electron chi connectivity index (χ4n) is 4.49. The number of carbonyl (C=O) groups is 4. The van der Waals surface area contributed by atoms with Crippen LogP contribution in [0.2, 0.25) is 0 Å². The Labute approximate surface area is 222 Å². The molecule has 0 radical (unpaired) electrons. The summed E-state index contributed by atoms with van der Waals surface area (Å²) in [6.07, 6.45) is 1.95. The molecule has 0 unspecified atom stereocenters. The minimum atomic E-state index is -0.470. The average molecular weight is 525 g/mol. The molecule has 0 spiro atoms. The summed E-state index contributed by atoms with van der Waals surface area (Å²) in [7, 11) is 0. The zero-order valence-electron chi connectivity index (χ0n) is 22.3. The van der Waals surface area contributed by atoms with E-state index in [2.05, 4.69) is 21.7 Å². The van der Waals surface area contributed by atoms with Gasteiger partial charge in [-0.15, -0.1) is 0 Å². The number of rotatable bonds is 8. The summed E-state index contributed by atoms with van der Waals surface area (Å²) in [5.74, 6) is -1.01. The molecule has 1 fully saturated rings. The van der Waals surface area contributed by atoms with Crippen LogP contribution in [-0.2, 0) is 19.2 Å². The van der Waals surface area contributed by atoms with Crippen molar-refractivity contribution in [2.75, 3.05) is 13.2 Å². The third kappa shape index (κ3) is 9.10. The number of carbonyl (C=O) groups excluding carboxylic acids is 4. The normalized spacial score (nSPS) is 16.6. The van der Waals surface area contributed by atoms with E-state index in [0.717, 1.165) is 22.3 Å². The molecule has 204 valence electrons. The first kappa shape index (κ1) is 28.5. The van der Waals surface area contributed by atoms with E-state index in [4.69, 9.17) is 9.47 Å². The molecule has 10 nitrogen and oxygen atoms in total. The van der Waals surface area contributed by atoms with Crippen molar-refractivity contribution < 1.29 is 28.7 Å². The monoisotopic (exact) mass is 524 g/mol. The minimum absolute atomic E-state index is 0.225. The van der Waals surface area contributed by atoms with Gasteiger partial charge in [0.15, 0.2) is 13.2 Å². The Morgan fingerprint density at radius 3 is 1.21 bits per heavy atom. The van der Waals surface area contributed by atoms with E-state index >= 15 is 0 Å². The second-order valence-corrected chi connectivity index (χ2v) is 9.85. The van der Waals surface area contributed by atoms with E-state index in [1.165, 1.54) is 0 Å². The highest BCUT2D eigenvalue weighted by Gasteiger charge is 2.30. The van der Waals surface area contributed by atoms with E-state index in [1.807, 2.05) is 64.1 Å². The van der Waals surface area contributed by atoms with Gasteiger partial charge in [0.05, 0.1) is 0 Å². The Hall–Kier alpha value is -4.08. The molecular formula is C28H36N4O6. The first-order valence-electron chi connectivity index (χ1n) is 12.7. The third-order valence-electron chi connectivity index (χ3n) is 6.25. The maximum absolute atomic E-state index is 12.5.